The predicted molar refractivity (Wildman–Crippen MR) is 416 cm³/mol. The Kier molecular flexibility index (Phi) is 13.5. The molecular weight excluding hydrogens is 1230 g/mol. The minimum atomic E-state index is -0.0373. The van der Waals surface area contributed by atoms with Crippen molar-refractivity contribution in [1.82, 2.24) is 34.1 Å². The molecule has 0 fully saturated rings. The molecule has 470 valence electrons. The van der Waals surface area contributed by atoms with E-state index >= 15 is 0 Å². The molecule has 0 bridgehead atoms. The molecule has 0 amide bonds. The average molecular weight is 1290 g/mol. The van der Waals surface area contributed by atoms with Crippen molar-refractivity contribution < 1.29 is 0 Å². The van der Waals surface area contributed by atoms with Crippen molar-refractivity contribution in [3.63, 3.8) is 0 Å². The van der Waals surface area contributed by atoms with E-state index < -0.39 is 0 Å². The molecule has 0 aliphatic carbocycles. The molecule has 2 aliphatic heterocycles. The van der Waals surface area contributed by atoms with Crippen LogP contribution in [0, 0.1) is 0 Å². The fourth-order valence-electron chi connectivity index (χ4n) is 15.7. The summed E-state index contributed by atoms with van der Waals surface area (Å²) >= 11 is 0. The van der Waals surface area contributed by atoms with Gasteiger partial charge < -0.3 is 18.9 Å². The molecule has 101 heavy (non-hydrogen) atoms. The van der Waals surface area contributed by atoms with E-state index in [1.165, 1.54) is 32.8 Å². The van der Waals surface area contributed by atoms with Gasteiger partial charge in [0.15, 0.2) is 23.3 Å². The summed E-state index contributed by atoms with van der Waals surface area (Å²) in [7, 11) is 0. The highest BCUT2D eigenvalue weighted by Gasteiger charge is 2.44. The fraction of sp³-hybridized carbons (Fsp3) is 0. The molecule has 0 saturated carbocycles. The first kappa shape index (κ1) is 57.7. The summed E-state index contributed by atoms with van der Waals surface area (Å²) in [4.78, 5) is 32.4. The highest BCUT2D eigenvalue weighted by atomic mass is 15.2. The standard InChI is InChI=1S/C91H58BN9/c1-7-27-60(28-8-1)76-57-77(61-29-9-2-10-30-61)94-90(93-76)64-51-53-80(101-79-44-24-20-40-70(79)72-56-71-69-39-19-23-43-78(69)98(84(71)58-85(72)101)65-33-13-4-14-34-65)73(55-64)91-96-88(62-31-11-3-12-32-62)95-89(97-91)63-49-47-59(48-50-63)68-52-54-83-86-87(68)100(67-37-17-6-18-38-67)82-46-26-22-42-75(82)92(86)74-41-21-25-45-81(74)99(83)66-35-15-5-16-36-66/h1-58H. The molecule has 0 saturated heterocycles. The minimum absolute atomic E-state index is 0.0373. The van der Waals surface area contributed by atoms with Gasteiger partial charge in [-0.1, -0.05) is 249 Å². The third kappa shape index (κ3) is 9.52. The zero-order valence-corrected chi connectivity index (χ0v) is 54.6. The number of fused-ring (bicyclic) bond motifs is 10. The Morgan fingerprint density at radius 3 is 1.25 bits per heavy atom. The molecule has 20 rings (SSSR count). The number of hydrogen-bond acceptors (Lipinski definition) is 7. The summed E-state index contributed by atoms with van der Waals surface area (Å²) in [6.45, 7) is -0.0373. The molecule has 0 spiro atoms. The largest absolute Gasteiger partial charge is 0.311 e. The van der Waals surface area contributed by atoms with E-state index in [2.05, 4.69) is 340 Å². The van der Waals surface area contributed by atoms with Crippen molar-refractivity contribution in [3.8, 4) is 90.6 Å². The third-order valence-electron chi connectivity index (χ3n) is 20.2. The van der Waals surface area contributed by atoms with E-state index in [0.29, 0.717) is 23.3 Å². The van der Waals surface area contributed by atoms with Crippen molar-refractivity contribution >= 4 is 101 Å². The van der Waals surface area contributed by atoms with Crippen LogP contribution in [0.3, 0.4) is 0 Å². The topological polar surface area (TPSA) is 80.8 Å². The van der Waals surface area contributed by atoms with Crippen LogP contribution in [-0.2, 0) is 0 Å². The second kappa shape index (κ2) is 23.6. The van der Waals surface area contributed by atoms with Crippen LogP contribution in [-0.4, -0.2) is 40.8 Å². The zero-order valence-electron chi connectivity index (χ0n) is 54.6. The first-order valence-corrected chi connectivity index (χ1v) is 34.3. The van der Waals surface area contributed by atoms with Crippen molar-refractivity contribution in [2.45, 2.75) is 0 Å². The Morgan fingerprint density at radius 2 is 0.653 bits per heavy atom. The minimum Gasteiger partial charge on any atom is -0.311 e. The molecule has 18 aromatic rings. The van der Waals surface area contributed by atoms with E-state index in [1.807, 2.05) is 30.3 Å². The number of rotatable bonds is 11. The van der Waals surface area contributed by atoms with Crippen LogP contribution in [0.25, 0.3) is 134 Å². The van der Waals surface area contributed by atoms with Crippen LogP contribution >= 0.6 is 0 Å². The van der Waals surface area contributed by atoms with Crippen molar-refractivity contribution in [2.75, 3.05) is 9.80 Å². The number of hydrogen-bond donors (Lipinski definition) is 0. The molecule has 2 aliphatic rings. The van der Waals surface area contributed by atoms with Crippen molar-refractivity contribution in [3.05, 3.63) is 352 Å². The molecule has 0 atom stereocenters. The predicted octanol–water partition coefficient (Wildman–Crippen LogP) is 20.6. The first-order chi connectivity index (χ1) is 50.1. The Morgan fingerprint density at radius 1 is 0.228 bits per heavy atom. The highest BCUT2D eigenvalue weighted by Crippen LogP contribution is 2.49. The van der Waals surface area contributed by atoms with Gasteiger partial charge in [0.05, 0.1) is 44.8 Å². The summed E-state index contributed by atoms with van der Waals surface area (Å²) in [5.41, 5.74) is 25.9. The highest BCUT2D eigenvalue weighted by molar-refractivity contribution is 7.00. The fourth-order valence-corrected chi connectivity index (χ4v) is 15.7. The number of nitrogens with zero attached hydrogens (tertiary/aromatic N) is 9. The number of benzene rings is 14. The van der Waals surface area contributed by atoms with Crippen LogP contribution in [0.1, 0.15) is 0 Å². The monoisotopic (exact) mass is 1290 g/mol. The van der Waals surface area contributed by atoms with E-state index in [9.17, 15) is 0 Å². The van der Waals surface area contributed by atoms with E-state index in [-0.39, 0.29) is 6.71 Å². The summed E-state index contributed by atoms with van der Waals surface area (Å²) in [5, 5.41) is 4.62. The van der Waals surface area contributed by atoms with Crippen LogP contribution < -0.4 is 26.2 Å². The van der Waals surface area contributed by atoms with E-state index in [1.54, 1.807) is 0 Å². The first-order valence-electron chi connectivity index (χ1n) is 34.3. The Labute approximate surface area is 583 Å². The number of para-hydroxylation sites is 7. The van der Waals surface area contributed by atoms with Gasteiger partial charge in [0.1, 0.15) is 0 Å². The summed E-state index contributed by atoms with van der Waals surface area (Å²) in [6, 6.07) is 125. The molecule has 9 nitrogen and oxygen atoms in total. The van der Waals surface area contributed by atoms with Gasteiger partial charge in [-0.25, -0.2) is 24.9 Å². The van der Waals surface area contributed by atoms with E-state index in [0.717, 1.165) is 129 Å². The number of anilines is 6. The SMILES string of the molecule is c1ccc(-c2cc(-c3ccccc3)nc(-c3ccc(-n4c5ccccc5c5cc6c7ccccc7n(-c7ccccc7)c6cc54)c(-c4nc(-c5ccccc5)nc(-c5ccc(-c6ccc7c8c6N(c6ccccc6)c6ccccc6B8c6ccccc6N7c6ccccc6)cc5)n4)c3)n2)cc1. The van der Waals surface area contributed by atoms with Crippen molar-refractivity contribution in [2.24, 2.45) is 0 Å². The molecular formula is C91H58BN9. The van der Waals surface area contributed by atoms with Gasteiger partial charge in [0.2, 0.25) is 0 Å². The van der Waals surface area contributed by atoms with Gasteiger partial charge in [-0.05, 0) is 125 Å². The molecule has 10 heteroatoms. The van der Waals surface area contributed by atoms with Gasteiger partial charge in [-0.15, -0.1) is 0 Å². The molecule has 6 heterocycles. The van der Waals surface area contributed by atoms with Crippen LogP contribution in [0.5, 0.6) is 0 Å². The van der Waals surface area contributed by atoms with Crippen LogP contribution in [0.15, 0.2) is 352 Å². The third-order valence-corrected chi connectivity index (χ3v) is 20.2. The maximum atomic E-state index is 5.68. The lowest BCUT2D eigenvalue weighted by Gasteiger charge is -2.45. The Bertz CT molecular complexity index is 6200. The normalized spacial score (nSPS) is 12.3. The van der Waals surface area contributed by atoms with Gasteiger partial charge in [-0.3, -0.25) is 0 Å². The molecule has 0 unspecified atom stereocenters. The van der Waals surface area contributed by atoms with Crippen molar-refractivity contribution in [1.29, 1.82) is 0 Å². The van der Waals surface area contributed by atoms with Gasteiger partial charge in [0.25, 0.3) is 6.71 Å². The van der Waals surface area contributed by atoms with E-state index in [4.69, 9.17) is 24.9 Å². The summed E-state index contributed by atoms with van der Waals surface area (Å²) in [6.07, 6.45) is 0. The molecule has 14 aromatic carbocycles. The molecule has 0 radical (unpaired) electrons. The summed E-state index contributed by atoms with van der Waals surface area (Å²) < 4.78 is 4.79. The number of aromatic nitrogens is 7. The van der Waals surface area contributed by atoms with Gasteiger partial charge >= 0.3 is 0 Å². The summed E-state index contributed by atoms with van der Waals surface area (Å²) in [5.74, 6) is 2.14. The Hall–Kier alpha value is -13.6. The maximum Gasteiger partial charge on any atom is 0.252 e. The second-order valence-electron chi connectivity index (χ2n) is 25.9. The van der Waals surface area contributed by atoms with Gasteiger partial charge in [-0.2, -0.15) is 0 Å². The van der Waals surface area contributed by atoms with Crippen LogP contribution in [0.4, 0.5) is 34.1 Å². The lowest BCUT2D eigenvalue weighted by molar-refractivity contribution is 1.06. The Balaban J connectivity index is 0.812. The average Bonchev–Trinajstić information content (AvgIpc) is 1.34. The molecule has 4 aromatic heterocycles. The quantitative estimate of drug-likeness (QED) is 0.119. The van der Waals surface area contributed by atoms with Crippen LogP contribution in [0.2, 0.25) is 0 Å². The smallest absolute Gasteiger partial charge is 0.252 e. The lowest BCUT2D eigenvalue weighted by Crippen LogP contribution is -2.61. The van der Waals surface area contributed by atoms with Gasteiger partial charge in [0, 0.05) is 94.6 Å². The molecule has 0 N–H and O–H groups in total. The second-order valence-corrected chi connectivity index (χ2v) is 25.9. The lowest BCUT2D eigenvalue weighted by atomic mass is 9.33. The maximum absolute atomic E-state index is 5.68. The zero-order chi connectivity index (χ0) is 66.5.